The van der Waals surface area contributed by atoms with Crippen molar-refractivity contribution in [1.82, 2.24) is 39.0 Å². The Morgan fingerprint density at radius 2 is 0.527 bits per heavy atom. The zero-order valence-electron chi connectivity index (χ0n) is 60.2. The largest absolute Gasteiger partial charge is 0.456 e. The standard InChI is InChI=1S/C102H62N8O2/c1-6-24-64(25-7-1)75-53-49-74(61-90(75)110-86-40-20-17-35-79(86)84-59-71(51-56-89(84)110)76-37-22-42-92-95(76)80-36-18-21-41-91(80)111-92)102-107-99(68-32-14-5-15-33-68)104-100(108-102)69-46-44-63(45-47-69)70-48-54-81-94(62-70)112-93-43-23-38-77(96(81)93)72-50-55-88-83(58-72)78-34-16-19-39-85(78)109(88)87-57-52-73(60-82(87)65-26-8-2-9-27-65)101-105-97(66-28-10-3-11-29-66)103-98(106-101)67-30-12-4-13-31-67/h1-62H. The van der Waals surface area contributed by atoms with Gasteiger partial charge in [-0.1, -0.05) is 285 Å². The van der Waals surface area contributed by atoms with Crippen LogP contribution in [0.2, 0.25) is 0 Å². The van der Waals surface area contributed by atoms with Crippen molar-refractivity contribution in [3.05, 3.63) is 376 Å². The van der Waals surface area contributed by atoms with Crippen LogP contribution in [0.1, 0.15) is 0 Å². The average molecular weight is 1430 g/mol. The van der Waals surface area contributed by atoms with Gasteiger partial charge in [-0.15, -0.1) is 0 Å². The SMILES string of the molecule is c1ccc(-c2nc(-c3ccccc3)nc(-c3ccc(-n4c5ccccc5c5cc(-c6cccc7oc8cc(-c9ccc(-c%10nc(-c%11ccccc%11)nc(-c%11ccc(-c%12ccccc%12)c(-n%12c%13ccccc%13c%13cc(-c%14cccc%15oc%16ccccc%16c%14%15)ccc%13%12)c%11)n%10)cc9)ccc8c67)ccc54)c(-c4ccccc4)c3)n2)cc1. The fourth-order valence-corrected chi connectivity index (χ4v) is 16.6. The van der Waals surface area contributed by atoms with Crippen molar-refractivity contribution >= 4 is 87.5 Å². The van der Waals surface area contributed by atoms with E-state index in [1.807, 2.05) is 91.0 Å². The van der Waals surface area contributed by atoms with E-state index in [4.69, 9.17) is 38.7 Å². The molecule has 0 aliphatic heterocycles. The van der Waals surface area contributed by atoms with E-state index in [0.717, 1.165) is 188 Å². The van der Waals surface area contributed by atoms with Gasteiger partial charge in [0, 0.05) is 87.6 Å². The first-order valence-corrected chi connectivity index (χ1v) is 37.6. The van der Waals surface area contributed by atoms with Crippen molar-refractivity contribution in [3.63, 3.8) is 0 Å². The Labute approximate surface area is 642 Å². The molecule has 0 unspecified atom stereocenters. The van der Waals surface area contributed by atoms with Crippen molar-refractivity contribution in [2.24, 2.45) is 0 Å². The Hall–Kier alpha value is -15.3. The molecule has 0 atom stereocenters. The molecule has 0 N–H and O–H groups in total. The molecule has 0 saturated heterocycles. The smallest absolute Gasteiger partial charge is 0.164 e. The summed E-state index contributed by atoms with van der Waals surface area (Å²) in [6.07, 6.45) is 0. The fourth-order valence-electron chi connectivity index (χ4n) is 16.6. The second kappa shape index (κ2) is 26.3. The molecule has 0 saturated carbocycles. The number of rotatable bonds is 13. The molecule has 0 aliphatic carbocycles. The highest BCUT2D eigenvalue weighted by Crippen LogP contribution is 2.46. The van der Waals surface area contributed by atoms with Gasteiger partial charge in [-0.3, -0.25) is 0 Å². The van der Waals surface area contributed by atoms with E-state index in [2.05, 4.69) is 294 Å². The molecule has 0 aliphatic rings. The first kappa shape index (κ1) is 64.0. The molecule has 112 heavy (non-hydrogen) atoms. The molecule has 22 aromatic rings. The van der Waals surface area contributed by atoms with Crippen LogP contribution < -0.4 is 0 Å². The number of aromatic nitrogens is 8. The molecular weight excluding hydrogens is 1370 g/mol. The highest BCUT2D eigenvalue weighted by atomic mass is 16.3. The van der Waals surface area contributed by atoms with Crippen LogP contribution in [0.5, 0.6) is 0 Å². The molecule has 10 nitrogen and oxygen atoms in total. The summed E-state index contributed by atoms with van der Waals surface area (Å²) in [6.45, 7) is 0. The van der Waals surface area contributed by atoms with Crippen LogP contribution in [-0.4, -0.2) is 39.0 Å². The van der Waals surface area contributed by atoms with E-state index in [0.29, 0.717) is 34.9 Å². The van der Waals surface area contributed by atoms with Crippen molar-refractivity contribution in [2.75, 3.05) is 0 Å². The Kier molecular flexibility index (Phi) is 15.0. The summed E-state index contributed by atoms with van der Waals surface area (Å²) in [7, 11) is 0. The maximum atomic E-state index is 6.86. The number of hydrogen-bond donors (Lipinski definition) is 0. The second-order valence-corrected chi connectivity index (χ2v) is 28.4. The molecule has 0 spiro atoms. The summed E-state index contributed by atoms with van der Waals surface area (Å²) >= 11 is 0. The van der Waals surface area contributed by atoms with Gasteiger partial charge in [0.05, 0.1) is 33.4 Å². The van der Waals surface area contributed by atoms with Crippen LogP contribution in [0, 0.1) is 0 Å². The molecular formula is C102H62N8O2. The van der Waals surface area contributed by atoms with E-state index in [1.54, 1.807) is 0 Å². The van der Waals surface area contributed by atoms with E-state index >= 15 is 0 Å². The van der Waals surface area contributed by atoms with Crippen LogP contribution in [-0.2, 0) is 0 Å². The summed E-state index contributed by atoms with van der Waals surface area (Å²) < 4.78 is 18.0. The van der Waals surface area contributed by atoms with Crippen LogP contribution in [0.4, 0.5) is 0 Å². The summed E-state index contributed by atoms with van der Waals surface area (Å²) in [5.74, 6) is 3.54. The third kappa shape index (κ3) is 10.9. The van der Waals surface area contributed by atoms with Crippen molar-refractivity contribution in [1.29, 1.82) is 0 Å². The molecule has 10 heteroatoms. The van der Waals surface area contributed by atoms with Gasteiger partial charge >= 0.3 is 0 Å². The van der Waals surface area contributed by atoms with Gasteiger partial charge in [0.1, 0.15) is 22.3 Å². The third-order valence-electron chi connectivity index (χ3n) is 21.9. The van der Waals surface area contributed by atoms with E-state index in [1.165, 1.54) is 0 Å². The number of hydrogen-bond acceptors (Lipinski definition) is 8. The minimum Gasteiger partial charge on any atom is -0.456 e. The summed E-state index contributed by atoms with van der Waals surface area (Å²) in [5, 5.41) is 8.90. The lowest BCUT2D eigenvalue weighted by Gasteiger charge is -2.16. The molecule has 0 amide bonds. The van der Waals surface area contributed by atoms with Gasteiger partial charge in [-0.25, -0.2) is 29.9 Å². The Morgan fingerprint density at radius 3 is 1.05 bits per heavy atom. The lowest BCUT2D eigenvalue weighted by molar-refractivity contribution is 0.668. The zero-order valence-corrected chi connectivity index (χ0v) is 60.2. The third-order valence-corrected chi connectivity index (χ3v) is 21.9. The molecule has 522 valence electrons. The molecule has 6 aromatic heterocycles. The molecule has 22 rings (SSSR count). The molecule has 16 aromatic carbocycles. The number of para-hydroxylation sites is 3. The molecule has 0 fully saturated rings. The van der Waals surface area contributed by atoms with Crippen molar-refractivity contribution in [2.45, 2.75) is 0 Å². The lowest BCUT2D eigenvalue weighted by atomic mass is 9.96. The topological polar surface area (TPSA) is 113 Å². The highest BCUT2D eigenvalue weighted by molar-refractivity contribution is 6.18. The monoisotopic (exact) mass is 1430 g/mol. The number of benzene rings is 16. The maximum absolute atomic E-state index is 6.86. The predicted octanol–water partition coefficient (Wildman–Crippen LogP) is 26.4. The maximum Gasteiger partial charge on any atom is 0.164 e. The Balaban J connectivity index is 0.610. The Bertz CT molecular complexity index is 7420. The van der Waals surface area contributed by atoms with E-state index in [-0.39, 0.29) is 0 Å². The first-order valence-electron chi connectivity index (χ1n) is 37.6. The van der Waals surface area contributed by atoms with Gasteiger partial charge in [0.25, 0.3) is 0 Å². The normalized spacial score (nSPS) is 11.8. The number of furan rings is 2. The molecule has 6 heterocycles. The fraction of sp³-hybridized carbons (Fsp3) is 0. The zero-order chi connectivity index (χ0) is 73.7. The van der Waals surface area contributed by atoms with Crippen LogP contribution >= 0.6 is 0 Å². The van der Waals surface area contributed by atoms with Gasteiger partial charge in [-0.05, 0) is 136 Å². The number of fused-ring (bicyclic) bond motifs is 12. The van der Waals surface area contributed by atoms with Crippen molar-refractivity contribution in [3.8, 4) is 135 Å². The minimum atomic E-state index is 0.562. The lowest BCUT2D eigenvalue weighted by Crippen LogP contribution is -2.02. The predicted molar refractivity (Wildman–Crippen MR) is 456 cm³/mol. The molecule has 0 radical (unpaired) electrons. The van der Waals surface area contributed by atoms with Gasteiger partial charge in [-0.2, -0.15) is 0 Å². The first-order chi connectivity index (χ1) is 55.5. The second-order valence-electron chi connectivity index (χ2n) is 28.4. The van der Waals surface area contributed by atoms with Crippen LogP contribution in [0.3, 0.4) is 0 Å². The minimum absolute atomic E-state index is 0.562. The van der Waals surface area contributed by atoms with Crippen LogP contribution in [0.15, 0.2) is 385 Å². The average Bonchev–Trinajstić information content (AvgIpc) is 1.57. The quantitative estimate of drug-likeness (QED) is 0.112. The molecule has 0 bridgehead atoms. The van der Waals surface area contributed by atoms with Gasteiger partial charge in [0.15, 0.2) is 34.9 Å². The van der Waals surface area contributed by atoms with Crippen molar-refractivity contribution < 1.29 is 8.83 Å². The van der Waals surface area contributed by atoms with E-state index in [9.17, 15) is 0 Å². The van der Waals surface area contributed by atoms with E-state index < -0.39 is 0 Å². The van der Waals surface area contributed by atoms with Gasteiger partial charge in [0.2, 0.25) is 0 Å². The number of nitrogens with zero attached hydrogens (tertiary/aromatic N) is 8. The summed E-state index contributed by atoms with van der Waals surface area (Å²) in [4.78, 5) is 31.2. The van der Waals surface area contributed by atoms with Crippen LogP contribution in [0.25, 0.3) is 223 Å². The van der Waals surface area contributed by atoms with Gasteiger partial charge < -0.3 is 18.0 Å². The summed E-state index contributed by atoms with van der Waals surface area (Å²) in [6, 6.07) is 132. The highest BCUT2D eigenvalue weighted by Gasteiger charge is 2.25. The summed E-state index contributed by atoms with van der Waals surface area (Å²) in [5.41, 5.74) is 25.9. The Morgan fingerprint density at radius 1 is 0.170 bits per heavy atom.